The zero-order chi connectivity index (χ0) is 17.7. The number of alkyl halides is 3. The van der Waals surface area contributed by atoms with E-state index in [1.54, 1.807) is 6.92 Å². The van der Waals surface area contributed by atoms with Crippen molar-refractivity contribution in [2.45, 2.75) is 44.9 Å². The minimum Gasteiger partial charge on any atom is -0.324 e. The van der Waals surface area contributed by atoms with E-state index in [9.17, 15) is 18.0 Å². The Kier molecular flexibility index (Phi) is 6.23. The first-order chi connectivity index (χ1) is 11.3. The number of halogens is 3. The van der Waals surface area contributed by atoms with Crippen LogP contribution in [-0.2, 0) is 11.0 Å². The third kappa shape index (κ3) is 4.95. The second kappa shape index (κ2) is 7.98. The molecule has 2 N–H and O–H groups in total. The first kappa shape index (κ1) is 18.7. The first-order valence-corrected chi connectivity index (χ1v) is 8.26. The van der Waals surface area contributed by atoms with Gasteiger partial charge in [0.2, 0.25) is 5.91 Å². The third-order valence-corrected chi connectivity index (χ3v) is 4.40. The number of hydrogen-bond acceptors (Lipinski definition) is 3. The Morgan fingerprint density at radius 2 is 1.92 bits per heavy atom. The molecule has 0 bridgehead atoms. The Bertz CT molecular complexity index is 554. The Morgan fingerprint density at radius 3 is 2.50 bits per heavy atom. The van der Waals surface area contributed by atoms with E-state index in [1.807, 2.05) is 0 Å². The number of nitrogens with one attached hydrogen (secondary N) is 2. The van der Waals surface area contributed by atoms with E-state index in [-0.39, 0.29) is 11.7 Å². The van der Waals surface area contributed by atoms with Crippen molar-refractivity contribution in [2.24, 2.45) is 0 Å². The lowest BCUT2D eigenvalue weighted by atomic mass is 10.0. The van der Waals surface area contributed by atoms with Crippen LogP contribution >= 0.6 is 0 Å². The van der Waals surface area contributed by atoms with Crippen molar-refractivity contribution >= 4 is 11.6 Å². The summed E-state index contributed by atoms with van der Waals surface area (Å²) in [6, 6.07) is 4.68. The highest BCUT2D eigenvalue weighted by atomic mass is 19.4. The molecule has 1 aliphatic heterocycles. The lowest BCUT2D eigenvalue weighted by Gasteiger charge is -2.33. The molecule has 0 saturated carbocycles. The molecule has 134 valence electrons. The summed E-state index contributed by atoms with van der Waals surface area (Å²) in [7, 11) is 0. The zero-order valence-electron chi connectivity index (χ0n) is 14.0. The molecule has 24 heavy (non-hydrogen) atoms. The largest absolute Gasteiger partial charge is 0.418 e. The predicted molar refractivity (Wildman–Crippen MR) is 87.8 cm³/mol. The number of carbonyl (C=O) groups excluding carboxylic acids is 1. The lowest BCUT2D eigenvalue weighted by Crippen LogP contribution is -2.49. The highest BCUT2D eigenvalue weighted by molar-refractivity contribution is 5.95. The zero-order valence-corrected chi connectivity index (χ0v) is 14.0. The van der Waals surface area contributed by atoms with Crippen LogP contribution < -0.4 is 10.6 Å². The van der Waals surface area contributed by atoms with E-state index in [1.165, 1.54) is 18.2 Å². The molecule has 0 radical (unpaired) electrons. The van der Waals surface area contributed by atoms with Gasteiger partial charge in [-0.15, -0.1) is 0 Å². The predicted octanol–water partition coefficient (Wildman–Crippen LogP) is 3.11. The third-order valence-electron chi connectivity index (χ3n) is 4.40. The molecule has 0 spiro atoms. The fraction of sp³-hybridized carbons (Fsp3) is 0.588. The van der Waals surface area contributed by atoms with E-state index >= 15 is 0 Å². The van der Waals surface area contributed by atoms with Crippen LogP contribution in [0.4, 0.5) is 18.9 Å². The maximum absolute atomic E-state index is 13.0. The number of hydrogen-bond donors (Lipinski definition) is 2. The SMILES string of the molecule is CCN1CCC(N[C@@H](C)C(=O)Nc2ccccc2C(F)(F)F)CC1. The van der Waals surface area contributed by atoms with Gasteiger partial charge in [-0.2, -0.15) is 13.2 Å². The molecule has 1 fully saturated rings. The number of likely N-dealkylation sites (tertiary alicyclic amines) is 1. The normalized spacial score (nSPS) is 18.4. The Labute approximate surface area is 140 Å². The molecule has 2 rings (SSSR count). The van der Waals surface area contributed by atoms with Crippen molar-refractivity contribution in [1.82, 2.24) is 10.2 Å². The van der Waals surface area contributed by atoms with Crippen LogP contribution in [0.25, 0.3) is 0 Å². The van der Waals surface area contributed by atoms with Gasteiger partial charge in [-0.3, -0.25) is 4.79 Å². The maximum atomic E-state index is 13.0. The number of nitrogens with zero attached hydrogens (tertiary/aromatic N) is 1. The van der Waals surface area contributed by atoms with Gasteiger partial charge in [0.25, 0.3) is 0 Å². The van der Waals surface area contributed by atoms with E-state index in [0.29, 0.717) is 0 Å². The van der Waals surface area contributed by atoms with Gasteiger partial charge in [0.15, 0.2) is 0 Å². The van der Waals surface area contributed by atoms with Crippen LogP contribution in [0, 0.1) is 0 Å². The Morgan fingerprint density at radius 1 is 1.29 bits per heavy atom. The molecule has 1 aliphatic rings. The smallest absolute Gasteiger partial charge is 0.324 e. The average Bonchev–Trinajstić information content (AvgIpc) is 2.55. The van der Waals surface area contributed by atoms with Crippen LogP contribution in [0.15, 0.2) is 24.3 Å². The van der Waals surface area contributed by atoms with E-state index in [2.05, 4.69) is 22.5 Å². The number of para-hydroxylation sites is 1. The number of amides is 1. The van der Waals surface area contributed by atoms with Gasteiger partial charge < -0.3 is 15.5 Å². The number of rotatable bonds is 5. The van der Waals surface area contributed by atoms with Crippen molar-refractivity contribution in [1.29, 1.82) is 0 Å². The van der Waals surface area contributed by atoms with E-state index in [0.717, 1.165) is 38.5 Å². The molecule has 0 aliphatic carbocycles. The molecule has 0 aromatic heterocycles. The molecule has 1 saturated heterocycles. The van der Waals surface area contributed by atoms with Gasteiger partial charge in [0.05, 0.1) is 17.3 Å². The van der Waals surface area contributed by atoms with Crippen LogP contribution in [-0.4, -0.2) is 42.5 Å². The summed E-state index contributed by atoms with van der Waals surface area (Å²) in [5.41, 5.74) is -1.04. The van der Waals surface area contributed by atoms with E-state index < -0.39 is 23.7 Å². The van der Waals surface area contributed by atoms with Gasteiger partial charge in [0.1, 0.15) is 0 Å². The van der Waals surface area contributed by atoms with Crippen LogP contribution in [0.5, 0.6) is 0 Å². The van der Waals surface area contributed by atoms with Crippen LogP contribution in [0.3, 0.4) is 0 Å². The minimum absolute atomic E-state index is 0.204. The Balaban J connectivity index is 1.93. The van der Waals surface area contributed by atoms with Gasteiger partial charge in [-0.25, -0.2) is 0 Å². The molecule has 7 heteroatoms. The quantitative estimate of drug-likeness (QED) is 0.863. The fourth-order valence-corrected chi connectivity index (χ4v) is 2.93. The molecule has 4 nitrogen and oxygen atoms in total. The van der Waals surface area contributed by atoms with Crippen molar-refractivity contribution in [3.8, 4) is 0 Å². The maximum Gasteiger partial charge on any atom is 0.418 e. The summed E-state index contributed by atoms with van der Waals surface area (Å²) >= 11 is 0. The lowest BCUT2D eigenvalue weighted by molar-refractivity contribution is -0.137. The first-order valence-electron chi connectivity index (χ1n) is 8.26. The number of benzene rings is 1. The number of piperidine rings is 1. The average molecular weight is 343 g/mol. The molecule has 1 aromatic carbocycles. The van der Waals surface area contributed by atoms with Crippen molar-refractivity contribution < 1.29 is 18.0 Å². The van der Waals surface area contributed by atoms with E-state index in [4.69, 9.17) is 0 Å². The number of carbonyl (C=O) groups is 1. The molecule has 1 atom stereocenters. The molecule has 1 amide bonds. The monoisotopic (exact) mass is 343 g/mol. The summed E-state index contributed by atoms with van der Waals surface area (Å²) in [6.45, 7) is 6.75. The number of anilines is 1. The molecular weight excluding hydrogens is 319 g/mol. The summed E-state index contributed by atoms with van der Waals surface area (Å²) < 4.78 is 38.9. The molecule has 1 aromatic rings. The minimum atomic E-state index is -4.49. The highest BCUT2D eigenvalue weighted by Gasteiger charge is 2.34. The van der Waals surface area contributed by atoms with Gasteiger partial charge in [0, 0.05) is 6.04 Å². The molecule has 0 unspecified atom stereocenters. The van der Waals surface area contributed by atoms with Crippen molar-refractivity contribution in [3.05, 3.63) is 29.8 Å². The van der Waals surface area contributed by atoms with Gasteiger partial charge in [-0.05, 0) is 51.5 Å². The topological polar surface area (TPSA) is 44.4 Å². The van der Waals surface area contributed by atoms with Gasteiger partial charge in [-0.1, -0.05) is 19.1 Å². The fourth-order valence-electron chi connectivity index (χ4n) is 2.93. The van der Waals surface area contributed by atoms with Crippen LogP contribution in [0.1, 0.15) is 32.3 Å². The second-order valence-corrected chi connectivity index (χ2v) is 6.13. The summed E-state index contributed by atoms with van der Waals surface area (Å²) in [6.07, 6.45) is -2.62. The van der Waals surface area contributed by atoms with Crippen LogP contribution in [0.2, 0.25) is 0 Å². The Hall–Kier alpha value is -1.60. The summed E-state index contributed by atoms with van der Waals surface area (Å²) in [5.74, 6) is -0.454. The van der Waals surface area contributed by atoms with Crippen molar-refractivity contribution in [3.63, 3.8) is 0 Å². The standard InChI is InChI=1S/C17H24F3N3O/c1-3-23-10-8-13(9-11-23)21-12(2)16(24)22-15-7-5-4-6-14(15)17(18,19)20/h4-7,12-13,21H,3,8-11H2,1-2H3,(H,22,24)/t12-/m0/s1. The summed E-state index contributed by atoms with van der Waals surface area (Å²) in [4.78, 5) is 14.6. The molecular formula is C17H24F3N3O. The highest BCUT2D eigenvalue weighted by Crippen LogP contribution is 2.34. The summed E-state index contributed by atoms with van der Waals surface area (Å²) in [5, 5.41) is 5.62. The molecule has 1 heterocycles. The second-order valence-electron chi connectivity index (χ2n) is 6.13. The van der Waals surface area contributed by atoms with Gasteiger partial charge >= 0.3 is 6.18 Å². The van der Waals surface area contributed by atoms with Crippen molar-refractivity contribution in [2.75, 3.05) is 25.0 Å².